The highest BCUT2D eigenvalue weighted by atomic mass is 19.4. The molecule has 0 aliphatic carbocycles. The molecule has 22 heavy (non-hydrogen) atoms. The van der Waals surface area contributed by atoms with Crippen molar-refractivity contribution >= 4 is 0 Å². The molecule has 2 rings (SSSR count). The first-order chi connectivity index (χ1) is 10.3. The quantitative estimate of drug-likeness (QED) is 0.698. The molecule has 0 atom stereocenters. The average molecular weight is 325 g/mol. The van der Waals surface area contributed by atoms with Crippen LogP contribution in [0.5, 0.6) is 0 Å². The van der Waals surface area contributed by atoms with E-state index in [1.807, 2.05) is 13.8 Å². The molecule has 0 N–H and O–H groups in total. The van der Waals surface area contributed by atoms with Crippen molar-refractivity contribution < 1.29 is 17.9 Å². The van der Waals surface area contributed by atoms with Gasteiger partial charge in [0.1, 0.15) is 0 Å². The van der Waals surface area contributed by atoms with Crippen LogP contribution < -0.4 is 0 Å². The van der Waals surface area contributed by atoms with Gasteiger partial charge in [-0.15, -0.1) is 0 Å². The standard InChI is InChI=1S/C14H27NO.C2H6.CHF3/c1-12(2)14(3)6-8-15(9-7-14)13-4-10-16-11-5-13;1-2;2-1(3)4/h12-13H,4-11H2,1-3H3;1-2H3;1H. The van der Waals surface area contributed by atoms with Crippen molar-refractivity contribution in [3.63, 3.8) is 0 Å². The minimum atomic E-state index is -3.67. The maximum atomic E-state index is 9.67. The fourth-order valence-electron chi connectivity index (χ4n) is 3.03. The van der Waals surface area contributed by atoms with Crippen LogP contribution in [-0.2, 0) is 4.74 Å². The Hall–Kier alpha value is -0.290. The van der Waals surface area contributed by atoms with Crippen molar-refractivity contribution in [1.82, 2.24) is 4.90 Å². The predicted molar refractivity (Wildman–Crippen MR) is 86.1 cm³/mol. The number of halogens is 3. The Morgan fingerprint density at radius 1 is 1.00 bits per heavy atom. The van der Waals surface area contributed by atoms with E-state index in [4.69, 9.17) is 4.74 Å². The molecule has 0 aromatic rings. The second kappa shape index (κ2) is 11.3. The van der Waals surface area contributed by atoms with Gasteiger partial charge in [-0.25, -0.2) is 0 Å². The monoisotopic (exact) mass is 325 g/mol. The van der Waals surface area contributed by atoms with Gasteiger partial charge in [-0.2, -0.15) is 13.2 Å². The first-order valence-corrected chi connectivity index (χ1v) is 8.59. The van der Waals surface area contributed by atoms with Crippen LogP contribution in [0.2, 0.25) is 0 Å². The molecule has 0 aromatic heterocycles. The zero-order chi connectivity index (χ0) is 17.2. The number of piperidine rings is 1. The summed E-state index contributed by atoms with van der Waals surface area (Å²) in [5.74, 6) is 0.823. The van der Waals surface area contributed by atoms with E-state index in [1.165, 1.54) is 38.8 Å². The summed E-state index contributed by atoms with van der Waals surface area (Å²) in [5.41, 5.74) is 0.585. The summed E-state index contributed by atoms with van der Waals surface area (Å²) in [6.07, 6.45) is 5.25. The number of ether oxygens (including phenoxy) is 1. The summed E-state index contributed by atoms with van der Waals surface area (Å²) < 4.78 is 34.4. The van der Waals surface area contributed by atoms with Crippen molar-refractivity contribution in [2.24, 2.45) is 11.3 Å². The van der Waals surface area contributed by atoms with Crippen LogP contribution in [0.1, 0.15) is 60.3 Å². The third-order valence-electron chi connectivity index (χ3n) is 5.04. The molecule has 0 spiro atoms. The number of alkyl halides is 3. The summed E-state index contributed by atoms with van der Waals surface area (Å²) in [4.78, 5) is 2.71. The summed E-state index contributed by atoms with van der Waals surface area (Å²) in [6.45, 7) is 12.1. The maximum Gasteiger partial charge on any atom is 0.379 e. The largest absolute Gasteiger partial charge is 0.381 e. The van der Waals surface area contributed by atoms with E-state index in [0.29, 0.717) is 5.41 Å². The summed E-state index contributed by atoms with van der Waals surface area (Å²) >= 11 is 0. The molecule has 134 valence electrons. The highest BCUT2D eigenvalue weighted by molar-refractivity contribution is 4.87. The highest BCUT2D eigenvalue weighted by Gasteiger charge is 2.35. The molecule has 0 bridgehead atoms. The molecule has 2 heterocycles. The third-order valence-corrected chi connectivity index (χ3v) is 5.04. The molecule has 2 saturated heterocycles. The number of hydrogen-bond acceptors (Lipinski definition) is 2. The molecular formula is C17H34F3NO. The van der Waals surface area contributed by atoms with Crippen molar-refractivity contribution in [2.45, 2.75) is 73.0 Å². The lowest BCUT2D eigenvalue weighted by Gasteiger charge is -2.45. The number of hydrogen-bond donors (Lipinski definition) is 0. The topological polar surface area (TPSA) is 12.5 Å². The third kappa shape index (κ3) is 7.82. The van der Waals surface area contributed by atoms with Gasteiger partial charge in [0.2, 0.25) is 0 Å². The fraction of sp³-hybridized carbons (Fsp3) is 1.00. The Kier molecular flexibility index (Phi) is 11.1. The van der Waals surface area contributed by atoms with Crippen molar-refractivity contribution in [2.75, 3.05) is 26.3 Å². The summed E-state index contributed by atoms with van der Waals surface area (Å²) in [6, 6.07) is 0.811. The van der Waals surface area contributed by atoms with Crippen LogP contribution >= 0.6 is 0 Å². The molecule has 5 heteroatoms. The molecule has 2 fully saturated rings. The Morgan fingerprint density at radius 2 is 1.41 bits per heavy atom. The highest BCUT2D eigenvalue weighted by Crippen LogP contribution is 2.39. The number of nitrogens with zero attached hydrogens (tertiary/aromatic N) is 1. The van der Waals surface area contributed by atoms with Crippen LogP contribution in [0.25, 0.3) is 0 Å². The summed E-state index contributed by atoms with van der Waals surface area (Å²) in [5, 5.41) is 0. The van der Waals surface area contributed by atoms with Gasteiger partial charge in [0.15, 0.2) is 0 Å². The van der Waals surface area contributed by atoms with Crippen LogP contribution in [0.4, 0.5) is 13.2 Å². The van der Waals surface area contributed by atoms with E-state index < -0.39 is 6.68 Å². The van der Waals surface area contributed by atoms with Gasteiger partial charge in [0.05, 0.1) is 0 Å². The number of likely N-dealkylation sites (tertiary alicyclic amines) is 1. The SMILES string of the molecule is CC.CC(C)C1(C)CCN(C2CCOCC2)CC1.FC(F)F. The summed E-state index contributed by atoms with van der Waals surface area (Å²) in [7, 11) is 0. The van der Waals surface area contributed by atoms with Crippen molar-refractivity contribution in [3.05, 3.63) is 0 Å². The van der Waals surface area contributed by atoms with E-state index in [-0.39, 0.29) is 0 Å². The minimum Gasteiger partial charge on any atom is -0.381 e. The molecule has 0 aromatic carbocycles. The van der Waals surface area contributed by atoms with Gasteiger partial charge < -0.3 is 9.64 Å². The molecule has 0 amide bonds. The van der Waals surface area contributed by atoms with E-state index in [2.05, 4.69) is 25.7 Å². The van der Waals surface area contributed by atoms with E-state index in [0.717, 1.165) is 25.2 Å². The van der Waals surface area contributed by atoms with Crippen LogP contribution in [0.15, 0.2) is 0 Å². The van der Waals surface area contributed by atoms with E-state index >= 15 is 0 Å². The average Bonchev–Trinajstić information content (AvgIpc) is 2.50. The van der Waals surface area contributed by atoms with Crippen molar-refractivity contribution in [3.8, 4) is 0 Å². The molecule has 2 aliphatic heterocycles. The first-order valence-electron chi connectivity index (χ1n) is 8.59. The second-order valence-electron chi connectivity index (χ2n) is 6.44. The number of rotatable bonds is 2. The fourth-order valence-corrected chi connectivity index (χ4v) is 3.03. The van der Waals surface area contributed by atoms with Gasteiger partial charge in [-0.1, -0.05) is 34.6 Å². The molecule has 2 nitrogen and oxygen atoms in total. The Morgan fingerprint density at radius 3 is 1.77 bits per heavy atom. The van der Waals surface area contributed by atoms with Gasteiger partial charge in [0.25, 0.3) is 0 Å². The Bertz CT molecular complexity index is 258. The lowest BCUT2D eigenvalue weighted by atomic mass is 9.71. The Balaban J connectivity index is 0.000000640. The van der Waals surface area contributed by atoms with E-state index in [1.54, 1.807) is 0 Å². The minimum absolute atomic E-state index is 0.585. The Labute approximate surface area is 134 Å². The first kappa shape index (κ1) is 21.7. The molecule has 0 unspecified atom stereocenters. The zero-order valence-corrected chi connectivity index (χ0v) is 14.9. The van der Waals surface area contributed by atoms with Crippen molar-refractivity contribution in [1.29, 1.82) is 0 Å². The predicted octanol–water partition coefficient (Wildman–Crippen LogP) is 5.13. The molecule has 2 aliphatic rings. The molecule has 0 saturated carbocycles. The second-order valence-corrected chi connectivity index (χ2v) is 6.44. The van der Waals surface area contributed by atoms with Crippen LogP contribution in [0.3, 0.4) is 0 Å². The normalized spacial score (nSPS) is 22.6. The van der Waals surface area contributed by atoms with Crippen LogP contribution in [0, 0.1) is 11.3 Å². The lowest BCUT2D eigenvalue weighted by molar-refractivity contribution is -0.000947. The van der Waals surface area contributed by atoms with Gasteiger partial charge in [-0.3, -0.25) is 0 Å². The van der Waals surface area contributed by atoms with Gasteiger partial charge in [-0.05, 0) is 50.1 Å². The van der Waals surface area contributed by atoms with Gasteiger partial charge >= 0.3 is 6.68 Å². The zero-order valence-electron chi connectivity index (χ0n) is 14.9. The smallest absolute Gasteiger partial charge is 0.379 e. The molecular weight excluding hydrogens is 291 g/mol. The van der Waals surface area contributed by atoms with E-state index in [9.17, 15) is 13.2 Å². The lowest BCUT2D eigenvalue weighted by Crippen LogP contribution is -2.47. The van der Waals surface area contributed by atoms with Gasteiger partial charge in [0, 0.05) is 19.3 Å². The maximum absolute atomic E-state index is 9.67. The molecule has 0 radical (unpaired) electrons. The van der Waals surface area contributed by atoms with Crippen LogP contribution in [-0.4, -0.2) is 43.9 Å².